The van der Waals surface area contributed by atoms with Crippen molar-refractivity contribution in [1.29, 1.82) is 0 Å². The molecule has 0 spiro atoms. The highest BCUT2D eigenvalue weighted by Gasteiger charge is 2.29. The molecule has 0 aromatic heterocycles. The number of nitrogens with one attached hydrogen (secondary N) is 1. The zero-order valence-corrected chi connectivity index (χ0v) is 19.5. The maximum absolute atomic E-state index is 12.9. The quantitative estimate of drug-likeness (QED) is 0.539. The Labute approximate surface area is 189 Å². The smallest absolute Gasteiger partial charge is 0.247 e. The number of ether oxygens (including phenoxy) is 1. The van der Waals surface area contributed by atoms with Gasteiger partial charge in [-0.1, -0.05) is 36.4 Å². The Morgan fingerprint density at radius 3 is 2.12 bits per heavy atom. The third-order valence-electron chi connectivity index (χ3n) is 4.92. The van der Waals surface area contributed by atoms with Gasteiger partial charge in [0.05, 0.1) is 11.9 Å². The summed E-state index contributed by atoms with van der Waals surface area (Å²) in [6, 6.07) is 21.4. The number of anilines is 2. The molecule has 1 amide bonds. The molecule has 0 radical (unpaired) electrons. The molecule has 168 valence electrons. The van der Waals surface area contributed by atoms with Crippen LogP contribution in [-0.4, -0.2) is 26.6 Å². The fraction of sp³-hybridized carbons (Fsp3) is 0.240. The van der Waals surface area contributed by atoms with Gasteiger partial charge < -0.3 is 10.1 Å². The average molecular weight is 453 g/mol. The second kappa shape index (κ2) is 9.87. The van der Waals surface area contributed by atoms with Crippen molar-refractivity contribution >= 4 is 27.3 Å². The fourth-order valence-electron chi connectivity index (χ4n) is 3.51. The molecule has 0 fully saturated rings. The lowest BCUT2D eigenvalue weighted by Crippen LogP contribution is -2.45. The van der Waals surface area contributed by atoms with E-state index in [1.165, 1.54) is 0 Å². The topological polar surface area (TPSA) is 75.7 Å². The summed E-state index contributed by atoms with van der Waals surface area (Å²) in [6.07, 6.45) is 1.10. The molecule has 0 aliphatic carbocycles. The van der Waals surface area contributed by atoms with Crippen LogP contribution >= 0.6 is 0 Å². The largest absolute Gasteiger partial charge is 0.489 e. The van der Waals surface area contributed by atoms with Crippen molar-refractivity contribution in [2.45, 2.75) is 33.4 Å². The highest BCUT2D eigenvalue weighted by Crippen LogP contribution is 2.25. The summed E-state index contributed by atoms with van der Waals surface area (Å²) >= 11 is 0. The molecule has 6 nitrogen and oxygen atoms in total. The van der Waals surface area contributed by atoms with Crippen LogP contribution < -0.4 is 14.4 Å². The van der Waals surface area contributed by atoms with Crippen molar-refractivity contribution in [2.75, 3.05) is 15.9 Å². The van der Waals surface area contributed by atoms with Crippen molar-refractivity contribution in [3.05, 3.63) is 89.5 Å². The lowest BCUT2D eigenvalue weighted by atomic mass is 10.1. The first kappa shape index (κ1) is 23.3. The molecule has 3 aromatic rings. The van der Waals surface area contributed by atoms with Crippen LogP contribution in [0.2, 0.25) is 0 Å². The first-order valence-corrected chi connectivity index (χ1v) is 12.1. The Morgan fingerprint density at radius 1 is 0.969 bits per heavy atom. The van der Waals surface area contributed by atoms with Crippen LogP contribution in [0, 0.1) is 13.8 Å². The Balaban J connectivity index is 1.70. The summed E-state index contributed by atoms with van der Waals surface area (Å²) in [4.78, 5) is 12.9. The molecule has 0 saturated carbocycles. The molecule has 32 heavy (non-hydrogen) atoms. The molecule has 1 atom stereocenters. The normalized spacial score (nSPS) is 12.1. The Bertz CT molecular complexity index is 1160. The number of carbonyl (C=O) groups is 1. The molecular weight excluding hydrogens is 424 g/mol. The minimum Gasteiger partial charge on any atom is -0.489 e. The molecule has 0 saturated heterocycles. The van der Waals surface area contributed by atoms with E-state index in [0.717, 1.165) is 27.3 Å². The minimum absolute atomic E-state index is 0.424. The van der Waals surface area contributed by atoms with E-state index < -0.39 is 22.0 Å². The molecule has 3 rings (SSSR count). The van der Waals surface area contributed by atoms with Gasteiger partial charge in [-0.15, -0.1) is 0 Å². The molecule has 0 aliphatic rings. The molecule has 0 aliphatic heterocycles. The van der Waals surface area contributed by atoms with E-state index >= 15 is 0 Å². The third kappa shape index (κ3) is 6.11. The van der Waals surface area contributed by atoms with Crippen LogP contribution in [0.5, 0.6) is 5.75 Å². The zero-order valence-electron chi connectivity index (χ0n) is 18.7. The van der Waals surface area contributed by atoms with E-state index in [1.54, 1.807) is 43.3 Å². The summed E-state index contributed by atoms with van der Waals surface area (Å²) < 4.78 is 31.9. The number of rotatable bonds is 8. The van der Waals surface area contributed by atoms with Gasteiger partial charge in [0.2, 0.25) is 15.9 Å². The molecular formula is C25H28N2O4S. The molecule has 0 bridgehead atoms. The van der Waals surface area contributed by atoms with Crippen molar-refractivity contribution in [1.82, 2.24) is 0 Å². The molecule has 0 heterocycles. The molecule has 0 unspecified atom stereocenters. The number of amides is 1. The number of carbonyl (C=O) groups excluding carboxylic acids is 1. The van der Waals surface area contributed by atoms with Gasteiger partial charge in [-0.3, -0.25) is 9.10 Å². The number of hydrogen-bond donors (Lipinski definition) is 1. The van der Waals surface area contributed by atoms with E-state index in [9.17, 15) is 13.2 Å². The van der Waals surface area contributed by atoms with Gasteiger partial charge in [-0.05, 0) is 73.9 Å². The number of sulfonamides is 1. The van der Waals surface area contributed by atoms with Crippen LogP contribution in [0.15, 0.2) is 72.8 Å². The average Bonchev–Trinajstić information content (AvgIpc) is 2.72. The Hall–Kier alpha value is -3.32. The summed E-state index contributed by atoms with van der Waals surface area (Å²) in [5.41, 5.74) is 3.94. The summed E-state index contributed by atoms with van der Waals surface area (Å²) in [5, 5.41) is 2.79. The molecule has 3 aromatic carbocycles. The van der Waals surface area contributed by atoms with E-state index in [0.29, 0.717) is 23.7 Å². The Kier molecular flexibility index (Phi) is 7.20. The van der Waals surface area contributed by atoms with Crippen LogP contribution in [0.25, 0.3) is 0 Å². The monoisotopic (exact) mass is 452 g/mol. The highest BCUT2D eigenvalue weighted by molar-refractivity contribution is 7.92. The van der Waals surface area contributed by atoms with Crippen LogP contribution in [0.3, 0.4) is 0 Å². The zero-order chi connectivity index (χ0) is 23.3. The number of benzene rings is 3. The predicted molar refractivity (Wildman–Crippen MR) is 129 cm³/mol. The number of aryl methyl sites for hydroxylation is 2. The van der Waals surface area contributed by atoms with Gasteiger partial charge in [-0.2, -0.15) is 0 Å². The van der Waals surface area contributed by atoms with Gasteiger partial charge in [0.15, 0.2) is 0 Å². The van der Waals surface area contributed by atoms with Crippen LogP contribution in [0.1, 0.15) is 23.6 Å². The van der Waals surface area contributed by atoms with Gasteiger partial charge in [0.25, 0.3) is 0 Å². The standard InChI is InChI=1S/C25H28N2O4S/c1-18-14-19(2)16-23(15-18)27(32(4,29)30)20(3)25(28)26-22-10-12-24(13-11-22)31-17-21-8-6-5-7-9-21/h5-16,20H,17H2,1-4H3,(H,26,28)/t20-/m0/s1. The second-order valence-electron chi connectivity index (χ2n) is 7.87. The van der Waals surface area contributed by atoms with Gasteiger partial charge in [0, 0.05) is 5.69 Å². The van der Waals surface area contributed by atoms with E-state index in [2.05, 4.69) is 5.32 Å². The van der Waals surface area contributed by atoms with Crippen molar-refractivity contribution < 1.29 is 17.9 Å². The SMILES string of the molecule is Cc1cc(C)cc(N([C@@H](C)C(=O)Nc2ccc(OCc3ccccc3)cc2)S(C)(=O)=O)c1. The lowest BCUT2D eigenvalue weighted by molar-refractivity contribution is -0.116. The molecule has 1 N–H and O–H groups in total. The van der Waals surface area contributed by atoms with Gasteiger partial charge >= 0.3 is 0 Å². The second-order valence-corrected chi connectivity index (χ2v) is 9.73. The maximum Gasteiger partial charge on any atom is 0.247 e. The summed E-state index contributed by atoms with van der Waals surface area (Å²) in [5.74, 6) is 0.250. The summed E-state index contributed by atoms with van der Waals surface area (Å²) in [6.45, 7) is 5.81. The first-order valence-electron chi connectivity index (χ1n) is 10.3. The minimum atomic E-state index is -3.68. The predicted octanol–water partition coefficient (Wildman–Crippen LogP) is 4.68. The number of nitrogens with zero attached hydrogens (tertiary/aromatic N) is 1. The van der Waals surface area contributed by atoms with Crippen LogP contribution in [-0.2, 0) is 21.4 Å². The van der Waals surface area contributed by atoms with Crippen LogP contribution in [0.4, 0.5) is 11.4 Å². The van der Waals surface area contributed by atoms with Gasteiger partial charge in [-0.25, -0.2) is 8.42 Å². The summed E-state index contributed by atoms with van der Waals surface area (Å²) in [7, 11) is -3.68. The first-order chi connectivity index (χ1) is 15.1. The van der Waals surface area contributed by atoms with E-state index in [-0.39, 0.29) is 0 Å². The van der Waals surface area contributed by atoms with Crippen molar-refractivity contribution in [3.8, 4) is 5.75 Å². The lowest BCUT2D eigenvalue weighted by Gasteiger charge is -2.28. The van der Waals surface area contributed by atoms with Crippen molar-refractivity contribution in [3.63, 3.8) is 0 Å². The van der Waals surface area contributed by atoms with E-state index in [1.807, 2.05) is 50.2 Å². The number of hydrogen-bond acceptors (Lipinski definition) is 4. The van der Waals surface area contributed by atoms with Gasteiger partial charge in [0.1, 0.15) is 18.4 Å². The van der Waals surface area contributed by atoms with Crippen molar-refractivity contribution in [2.24, 2.45) is 0 Å². The Morgan fingerprint density at radius 2 is 1.56 bits per heavy atom. The third-order valence-corrected chi connectivity index (χ3v) is 6.16. The maximum atomic E-state index is 12.9. The highest BCUT2D eigenvalue weighted by atomic mass is 32.2. The fourth-order valence-corrected chi connectivity index (χ4v) is 4.67. The van der Waals surface area contributed by atoms with E-state index in [4.69, 9.17) is 4.74 Å². The molecule has 7 heteroatoms.